The van der Waals surface area contributed by atoms with Crippen LogP contribution in [0.4, 0.5) is 4.39 Å². The number of nitrogens with one attached hydrogen (secondary N) is 1. The van der Waals surface area contributed by atoms with Crippen LogP contribution in [0.3, 0.4) is 0 Å². The molecule has 3 nitrogen and oxygen atoms in total. The third kappa shape index (κ3) is 6.11. The number of rotatable bonds is 8. The SMILES string of the molecule is COc1ccccc1/C=C/C(=O)NCCSCc1c(F)cccc1Cl. The predicted octanol–water partition coefficient (Wildman–Crippen LogP) is 4.55. The second kappa shape index (κ2) is 10.1. The van der Waals surface area contributed by atoms with Crippen LogP contribution >= 0.6 is 23.4 Å². The van der Waals surface area contributed by atoms with Gasteiger partial charge in [0.2, 0.25) is 5.91 Å². The minimum atomic E-state index is -0.302. The Morgan fingerprint density at radius 1 is 1.28 bits per heavy atom. The summed E-state index contributed by atoms with van der Waals surface area (Å²) < 4.78 is 18.8. The Bertz CT molecular complexity index is 732. The highest BCUT2D eigenvalue weighted by molar-refractivity contribution is 7.98. The van der Waals surface area contributed by atoms with Crippen LogP contribution in [0.25, 0.3) is 6.08 Å². The van der Waals surface area contributed by atoms with Crippen molar-refractivity contribution in [2.24, 2.45) is 0 Å². The summed E-state index contributed by atoms with van der Waals surface area (Å²) in [5.74, 6) is 1.36. The summed E-state index contributed by atoms with van der Waals surface area (Å²) >= 11 is 7.49. The Hall–Kier alpha value is -1.98. The Balaban J connectivity index is 1.73. The van der Waals surface area contributed by atoms with Crippen LogP contribution < -0.4 is 10.1 Å². The van der Waals surface area contributed by atoms with Crippen molar-refractivity contribution in [3.63, 3.8) is 0 Å². The van der Waals surface area contributed by atoms with E-state index >= 15 is 0 Å². The average molecular weight is 380 g/mol. The van der Waals surface area contributed by atoms with Gasteiger partial charge in [0.15, 0.2) is 0 Å². The zero-order chi connectivity index (χ0) is 18.1. The fourth-order valence-electron chi connectivity index (χ4n) is 2.12. The van der Waals surface area contributed by atoms with Crippen molar-refractivity contribution in [1.82, 2.24) is 5.32 Å². The van der Waals surface area contributed by atoms with E-state index in [2.05, 4.69) is 5.32 Å². The monoisotopic (exact) mass is 379 g/mol. The quantitative estimate of drug-likeness (QED) is 0.540. The average Bonchev–Trinajstić information content (AvgIpc) is 2.62. The van der Waals surface area contributed by atoms with E-state index in [1.807, 2.05) is 24.3 Å². The molecule has 0 spiro atoms. The molecule has 0 atom stereocenters. The molecule has 25 heavy (non-hydrogen) atoms. The Morgan fingerprint density at radius 3 is 2.84 bits per heavy atom. The van der Waals surface area contributed by atoms with Crippen molar-refractivity contribution >= 4 is 35.3 Å². The number of benzene rings is 2. The Labute approximate surface area is 156 Å². The molecule has 2 aromatic carbocycles. The number of methoxy groups -OCH3 is 1. The highest BCUT2D eigenvalue weighted by Crippen LogP contribution is 2.23. The first-order chi connectivity index (χ1) is 12.1. The minimum absolute atomic E-state index is 0.185. The fourth-order valence-corrected chi connectivity index (χ4v) is 3.32. The molecule has 0 aliphatic rings. The molecule has 0 saturated heterocycles. The number of carbonyl (C=O) groups is 1. The summed E-state index contributed by atoms with van der Waals surface area (Å²) in [4.78, 5) is 11.8. The lowest BCUT2D eigenvalue weighted by Gasteiger charge is -2.06. The maximum absolute atomic E-state index is 13.6. The molecule has 1 amide bonds. The third-order valence-corrected chi connectivity index (χ3v) is 4.75. The molecule has 2 aromatic rings. The molecule has 0 fully saturated rings. The van der Waals surface area contributed by atoms with Crippen molar-refractivity contribution < 1.29 is 13.9 Å². The standard InChI is InChI=1S/C19H19ClFNO2S/c1-24-18-8-3-2-5-14(18)9-10-19(23)22-11-12-25-13-15-16(20)6-4-7-17(15)21/h2-10H,11-13H2,1H3,(H,22,23)/b10-9+. The van der Waals surface area contributed by atoms with Gasteiger partial charge in [0.1, 0.15) is 11.6 Å². The molecule has 0 unspecified atom stereocenters. The third-order valence-electron chi connectivity index (χ3n) is 3.41. The predicted molar refractivity (Wildman–Crippen MR) is 103 cm³/mol. The maximum Gasteiger partial charge on any atom is 0.244 e. The summed E-state index contributed by atoms with van der Waals surface area (Å²) in [6.45, 7) is 0.492. The van der Waals surface area contributed by atoms with Gasteiger partial charge in [-0.3, -0.25) is 4.79 Å². The van der Waals surface area contributed by atoms with E-state index < -0.39 is 0 Å². The Morgan fingerprint density at radius 2 is 2.08 bits per heavy atom. The van der Waals surface area contributed by atoms with Crippen LogP contribution in [-0.2, 0) is 10.5 Å². The molecule has 0 aliphatic carbocycles. The van der Waals surface area contributed by atoms with Gasteiger partial charge in [-0.15, -0.1) is 0 Å². The van der Waals surface area contributed by atoms with Crippen LogP contribution in [0.2, 0.25) is 5.02 Å². The molecule has 132 valence electrons. The zero-order valence-corrected chi connectivity index (χ0v) is 15.4. The molecule has 0 saturated carbocycles. The number of amides is 1. The number of thioether (sulfide) groups is 1. The summed E-state index contributed by atoms with van der Waals surface area (Å²) in [6, 6.07) is 12.1. The van der Waals surface area contributed by atoms with Crippen LogP contribution in [0.15, 0.2) is 48.5 Å². The zero-order valence-electron chi connectivity index (χ0n) is 13.8. The van der Waals surface area contributed by atoms with Crippen molar-refractivity contribution in [2.75, 3.05) is 19.4 Å². The first-order valence-electron chi connectivity index (χ1n) is 7.71. The second-order valence-electron chi connectivity index (χ2n) is 5.12. The maximum atomic E-state index is 13.6. The van der Waals surface area contributed by atoms with Gasteiger partial charge in [0.25, 0.3) is 0 Å². The molecule has 0 bridgehead atoms. The molecule has 2 rings (SSSR count). The summed E-state index contributed by atoms with van der Waals surface area (Å²) in [6.07, 6.45) is 3.18. The minimum Gasteiger partial charge on any atom is -0.496 e. The molecule has 0 aromatic heterocycles. The van der Waals surface area contributed by atoms with Gasteiger partial charge < -0.3 is 10.1 Å². The fraction of sp³-hybridized carbons (Fsp3) is 0.211. The van der Waals surface area contributed by atoms with Gasteiger partial charge in [-0.05, 0) is 24.3 Å². The highest BCUT2D eigenvalue weighted by Gasteiger charge is 2.06. The lowest BCUT2D eigenvalue weighted by atomic mass is 10.2. The second-order valence-corrected chi connectivity index (χ2v) is 6.63. The normalized spacial score (nSPS) is 10.8. The van der Waals surface area contributed by atoms with Crippen LogP contribution in [0.1, 0.15) is 11.1 Å². The number of para-hydroxylation sites is 1. The molecule has 0 aliphatic heterocycles. The lowest BCUT2D eigenvalue weighted by molar-refractivity contribution is -0.116. The smallest absolute Gasteiger partial charge is 0.244 e. The van der Waals surface area contributed by atoms with E-state index in [-0.39, 0.29) is 11.7 Å². The number of hydrogen-bond acceptors (Lipinski definition) is 3. The van der Waals surface area contributed by atoms with E-state index in [0.29, 0.717) is 34.4 Å². The number of carbonyl (C=O) groups excluding carboxylic acids is 1. The van der Waals surface area contributed by atoms with Gasteiger partial charge in [0.05, 0.1) is 7.11 Å². The van der Waals surface area contributed by atoms with E-state index in [1.165, 1.54) is 23.9 Å². The van der Waals surface area contributed by atoms with E-state index in [9.17, 15) is 9.18 Å². The Kier molecular flexibility index (Phi) is 7.82. The van der Waals surface area contributed by atoms with Crippen molar-refractivity contribution in [3.8, 4) is 5.75 Å². The van der Waals surface area contributed by atoms with Crippen LogP contribution in [-0.4, -0.2) is 25.3 Å². The van der Waals surface area contributed by atoms with Crippen molar-refractivity contribution in [3.05, 3.63) is 70.5 Å². The first-order valence-corrected chi connectivity index (χ1v) is 9.24. The van der Waals surface area contributed by atoms with E-state index in [0.717, 1.165) is 5.56 Å². The topological polar surface area (TPSA) is 38.3 Å². The molecule has 0 heterocycles. The molecular formula is C19H19ClFNO2S. The number of halogens is 2. The van der Waals surface area contributed by atoms with Gasteiger partial charge in [-0.2, -0.15) is 11.8 Å². The number of hydrogen-bond donors (Lipinski definition) is 1. The summed E-state index contributed by atoms with van der Waals surface area (Å²) in [5, 5.41) is 3.22. The van der Waals surface area contributed by atoms with Gasteiger partial charge >= 0.3 is 0 Å². The van der Waals surface area contributed by atoms with Gasteiger partial charge in [0, 0.05) is 40.3 Å². The molecule has 6 heteroatoms. The van der Waals surface area contributed by atoms with Crippen molar-refractivity contribution in [1.29, 1.82) is 0 Å². The first kappa shape index (κ1) is 19.3. The lowest BCUT2D eigenvalue weighted by Crippen LogP contribution is -2.23. The molecule has 1 N–H and O–H groups in total. The van der Waals surface area contributed by atoms with Gasteiger partial charge in [-0.25, -0.2) is 4.39 Å². The van der Waals surface area contributed by atoms with Crippen LogP contribution in [0, 0.1) is 5.82 Å². The van der Waals surface area contributed by atoms with E-state index in [1.54, 1.807) is 25.3 Å². The highest BCUT2D eigenvalue weighted by atomic mass is 35.5. The van der Waals surface area contributed by atoms with Gasteiger partial charge in [-0.1, -0.05) is 35.9 Å². The largest absolute Gasteiger partial charge is 0.496 e. The summed E-state index contributed by atoms with van der Waals surface area (Å²) in [7, 11) is 1.59. The van der Waals surface area contributed by atoms with Crippen molar-refractivity contribution in [2.45, 2.75) is 5.75 Å². The molecule has 0 radical (unpaired) electrons. The van der Waals surface area contributed by atoms with Crippen LogP contribution in [0.5, 0.6) is 5.75 Å². The number of ether oxygens (including phenoxy) is 1. The molecular weight excluding hydrogens is 361 g/mol. The van der Waals surface area contributed by atoms with E-state index in [4.69, 9.17) is 16.3 Å². The summed E-state index contributed by atoms with van der Waals surface area (Å²) in [5.41, 5.74) is 1.33.